The number of nitrogens with one attached hydrogen (secondary N) is 1. The monoisotopic (exact) mass is 210 g/mol. The van der Waals surface area contributed by atoms with Gasteiger partial charge in [-0.25, -0.2) is 0 Å². The predicted octanol–water partition coefficient (Wildman–Crippen LogP) is 2.68. The van der Waals surface area contributed by atoms with Gasteiger partial charge < -0.3 is 11.1 Å². The number of rotatable bonds is 5. The van der Waals surface area contributed by atoms with Crippen LogP contribution in [0, 0.1) is 5.92 Å². The maximum absolute atomic E-state index is 5.81. The van der Waals surface area contributed by atoms with E-state index in [1.165, 1.54) is 5.75 Å². The van der Waals surface area contributed by atoms with Gasteiger partial charge in [-0.3, -0.25) is 0 Å². The average Bonchev–Trinajstić information content (AvgIpc) is 2.17. The number of nitrogens with two attached hydrogens (primary N) is 1. The summed E-state index contributed by atoms with van der Waals surface area (Å²) in [6.07, 6.45) is 2.13. The van der Waals surface area contributed by atoms with Gasteiger partial charge in [-0.15, -0.1) is 0 Å². The fraction of sp³-hybridized carbons (Fsp3) is 0.455. The second-order valence-electron chi connectivity index (χ2n) is 3.53. The Morgan fingerprint density at radius 2 is 2.14 bits per heavy atom. The Labute approximate surface area is 90.3 Å². The smallest absolute Gasteiger partial charge is 0.0574 e. The third-order valence-corrected chi connectivity index (χ3v) is 2.96. The van der Waals surface area contributed by atoms with E-state index in [9.17, 15) is 0 Å². The van der Waals surface area contributed by atoms with E-state index >= 15 is 0 Å². The van der Waals surface area contributed by atoms with Crippen LogP contribution in [0.2, 0.25) is 0 Å². The van der Waals surface area contributed by atoms with Crippen LogP contribution in [0.4, 0.5) is 11.4 Å². The molecule has 0 saturated carbocycles. The van der Waals surface area contributed by atoms with Crippen LogP contribution >= 0.6 is 11.8 Å². The third-order valence-electron chi connectivity index (χ3n) is 2.05. The minimum atomic E-state index is 0.671. The van der Waals surface area contributed by atoms with Crippen LogP contribution in [0.15, 0.2) is 24.3 Å². The first-order chi connectivity index (χ1) is 6.74. The Morgan fingerprint density at radius 3 is 2.79 bits per heavy atom. The minimum absolute atomic E-state index is 0.671. The van der Waals surface area contributed by atoms with Gasteiger partial charge >= 0.3 is 0 Å². The first kappa shape index (κ1) is 11.2. The van der Waals surface area contributed by atoms with Crippen LogP contribution in [0.3, 0.4) is 0 Å². The second-order valence-corrected chi connectivity index (χ2v) is 4.44. The lowest BCUT2D eigenvalue weighted by Crippen LogP contribution is -2.14. The van der Waals surface area contributed by atoms with Gasteiger partial charge in [0.1, 0.15) is 0 Å². The van der Waals surface area contributed by atoms with Crippen molar-refractivity contribution in [2.45, 2.75) is 6.92 Å². The van der Waals surface area contributed by atoms with Gasteiger partial charge in [0.25, 0.3) is 0 Å². The molecule has 0 bridgehead atoms. The lowest BCUT2D eigenvalue weighted by Gasteiger charge is -2.13. The highest BCUT2D eigenvalue weighted by Crippen LogP contribution is 2.17. The number of anilines is 2. The molecule has 3 N–H and O–H groups in total. The van der Waals surface area contributed by atoms with Crippen LogP contribution in [0.25, 0.3) is 0 Å². The average molecular weight is 210 g/mol. The van der Waals surface area contributed by atoms with Gasteiger partial charge in [-0.05, 0) is 30.1 Å². The Bertz CT molecular complexity index is 276. The molecule has 1 atom stereocenters. The molecule has 1 aromatic carbocycles. The Hall–Kier alpha value is -0.830. The highest BCUT2D eigenvalue weighted by molar-refractivity contribution is 7.98. The molecule has 0 radical (unpaired) electrons. The fourth-order valence-electron chi connectivity index (χ4n) is 1.29. The Kier molecular flexibility index (Phi) is 4.66. The van der Waals surface area contributed by atoms with Crippen LogP contribution in [0.1, 0.15) is 6.92 Å². The SMILES string of the molecule is CSCC(C)CNc1ccccc1N. The quantitative estimate of drug-likeness (QED) is 0.734. The van der Waals surface area contributed by atoms with E-state index in [2.05, 4.69) is 18.5 Å². The van der Waals surface area contributed by atoms with Crippen molar-refractivity contribution in [3.63, 3.8) is 0 Å². The summed E-state index contributed by atoms with van der Waals surface area (Å²) in [5.41, 5.74) is 7.68. The van der Waals surface area contributed by atoms with Gasteiger partial charge in [0.05, 0.1) is 11.4 Å². The molecule has 1 aromatic rings. The highest BCUT2D eigenvalue weighted by atomic mass is 32.2. The first-order valence-electron chi connectivity index (χ1n) is 4.81. The summed E-state index contributed by atoms with van der Waals surface area (Å²) in [5.74, 6) is 1.85. The molecule has 0 heterocycles. The van der Waals surface area contributed by atoms with E-state index in [-0.39, 0.29) is 0 Å². The number of benzene rings is 1. The lowest BCUT2D eigenvalue weighted by atomic mass is 10.2. The van der Waals surface area contributed by atoms with Crippen molar-refractivity contribution >= 4 is 23.1 Å². The number of nitrogen functional groups attached to an aromatic ring is 1. The van der Waals surface area contributed by atoms with Gasteiger partial charge in [-0.2, -0.15) is 11.8 Å². The third kappa shape index (κ3) is 3.50. The molecule has 14 heavy (non-hydrogen) atoms. The van der Waals surface area contributed by atoms with Crippen molar-refractivity contribution in [1.29, 1.82) is 0 Å². The van der Waals surface area contributed by atoms with E-state index in [0.717, 1.165) is 17.9 Å². The van der Waals surface area contributed by atoms with E-state index < -0.39 is 0 Å². The summed E-state index contributed by atoms with van der Waals surface area (Å²) in [6, 6.07) is 7.88. The molecule has 0 amide bonds. The molecule has 0 aliphatic carbocycles. The molecular weight excluding hydrogens is 192 g/mol. The molecule has 1 rings (SSSR count). The Balaban J connectivity index is 2.41. The lowest BCUT2D eigenvalue weighted by molar-refractivity contribution is 0.702. The van der Waals surface area contributed by atoms with Crippen molar-refractivity contribution < 1.29 is 0 Å². The maximum atomic E-state index is 5.81. The van der Waals surface area contributed by atoms with E-state index in [4.69, 9.17) is 5.73 Å². The molecule has 0 spiro atoms. The molecule has 2 nitrogen and oxygen atoms in total. The molecule has 0 fully saturated rings. The topological polar surface area (TPSA) is 38.0 Å². The zero-order valence-corrected chi connectivity index (χ0v) is 9.60. The van der Waals surface area contributed by atoms with Crippen molar-refractivity contribution in [2.24, 2.45) is 5.92 Å². The summed E-state index contributed by atoms with van der Waals surface area (Å²) >= 11 is 1.88. The Morgan fingerprint density at radius 1 is 1.43 bits per heavy atom. The van der Waals surface area contributed by atoms with Crippen molar-refractivity contribution in [3.05, 3.63) is 24.3 Å². The number of para-hydroxylation sites is 2. The maximum Gasteiger partial charge on any atom is 0.0574 e. The first-order valence-corrected chi connectivity index (χ1v) is 6.20. The number of thioether (sulfide) groups is 1. The molecule has 0 aliphatic heterocycles. The second kappa shape index (κ2) is 5.81. The number of hydrogen-bond donors (Lipinski definition) is 2. The van der Waals surface area contributed by atoms with E-state index in [0.29, 0.717) is 5.92 Å². The molecule has 3 heteroatoms. The van der Waals surface area contributed by atoms with Gasteiger partial charge in [-0.1, -0.05) is 19.1 Å². The normalized spacial score (nSPS) is 12.4. The molecule has 0 aromatic heterocycles. The summed E-state index contributed by atoms with van der Waals surface area (Å²) in [6.45, 7) is 3.22. The van der Waals surface area contributed by atoms with Crippen molar-refractivity contribution in [3.8, 4) is 0 Å². The molecule has 1 unspecified atom stereocenters. The van der Waals surface area contributed by atoms with Crippen LogP contribution in [-0.2, 0) is 0 Å². The zero-order valence-electron chi connectivity index (χ0n) is 8.79. The molecular formula is C11H18N2S. The van der Waals surface area contributed by atoms with E-state index in [1.807, 2.05) is 36.0 Å². The van der Waals surface area contributed by atoms with Crippen LogP contribution < -0.4 is 11.1 Å². The summed E-state index contributed by atoms with van der Waals surface area (Å²) in [4.78, 5) is 0. The van der Waals surface area contributed by atoms with Crippen molar-refractivity contribution in [1.82, 2.24) is 0 Å². The summed E-state index contributed by atoms with van der Waals surface area (Å²) in [5, 5.41) is 3.36. The van der Waals surface area contributed by atoms with E-state index in [1.54, 1.807) is 0 Å². The van der Waals surface area contributed by atoms with Gasteiger partial charge in [0.15, 0.2) is 0 Å². The largest absolute Gasteiger partial charge is 0.397 e. The van der Waals surface area contributed by atoms with Gasteiger partial charge in [0.2, 0.25) is 0 Å². The van der Waals surface area contributed by atoms with Crippen LogP contribution in [-0.4, -0.2) is 18.6 Å². The number of hydrogen-bond acceptors (Lipinski definition) is 3. The fourth-order valence-corrected chi connectivity index (χ4v) is 1.97. The standard InChI is InChI=1S/C11H18N2S/c1-9(8-14-2)7-13-11-6-4-3-5-10(11)12/h3-6,9,13H,7-8,12H2,1-2H3. The molecule has 0 saturated heterocycles. The minimum Gasteiger partial charge on any atom is -0.397 e. The highest BCUT2D eigenvalue weighted by Gasteiger charge is 2.01. The summed E-state index contributed by atoms with van der Waals surface area (Å²) < 4.78 is 0. The molecule has 78 valence electrons. The van der Waals surface area contributed by atoms with Crippen molar-refractivity contribution in [2.75, 3.05) is 29.6 Å². The van der Waals surface area contributed by atoms with Gasteiger partial charge in [0, 0.05) is 6.54 Å². The predicted molar refractivity (Wildman–Crippen MR) is 66.9 cm³/mol. The van der Waals surface area contributed by atoms with Crippen LogP contribution in [0.5, 0.6) is 0 Å². The summed E-state index contributed by atoms with van der Waals surface area (Å²) in [7, 11) is 0. The zero-order chi connectivity index (χ0) is 10.4. The molecule has 0 aliphatic rings.